The average molecular weight is 413 g/mol. The maximum atomic E-state index is 10.9. The van der Waals surface area contributed by atoms with Crippen LogP contribution in [-0.4, -0.2) is 58.8 Å². The van der Waals surface area contributed by atoms with E-state index in [0.717, 1.165) is 37.9 Å². The summed E-state index contributed by atoms with van der Waals surface area (Å²) >= 11 is 6.11. The molecule has 4 heterocycles. The monoisotopic (exact) mass is 412 g/mol. The number of nitrogens with zero attached hydrogens (tertiary/aromatic N) is 5. The van der Waals surface area contributed by atoms with Crippen LogP contribution in [0.4, 0.5) is 5.95 Å². The van der Waals surface area contributed by atoms with E-state index in [1.165, 1.54) is 24.7 Å². The van der Waals surface area contributed by atoms with Gasteiger partial charge in [0.25, 0.3) is 0 Å². The second-order valence-corrected chi connectivity index (χ2v) is 8.49. The van der Waals surface area contributed by atoms with E-state index in [4.69, 9.17) is 22.4 Å². The molecule has 2 atom stereocenters. The molecule has 0 spiro atoms. The number of fused-ring (bicyclic) bond motifs is 1. The smallest absolute Gasteiger partial charge is 0.220 e. The summed E-state index contributed by atoms with van der Waals surface area (Å²) in [5, 5.41) is 14.0. The van der Waals surface area contributed by atoms with Gasteiger partial charge in [-0.05, 0) is 32.1 Å². The lowest BCUT2D eigenvalue weighted by Crippen LogP contribution is -2.38. The number of aliphatic hydroxyl groups excluding tert-OH is 1. The lowest BCUT2D eigenvalue weighted by molar-refractivity contribution is 0.110. The molecule has 2 unspecified atom stereocenters. The molecule has 4 rings (SSSR count). The molecule has 0 aliphatic carbocycles. The molecular weight excluding hydrogens is 388 g/mol. The van der Waals surface area contributed by atoms with Crippen molar-refractivity contribution in [1.29, 1.82) is 0 Å². The Labute approximate surface area is 166 Å². The van der Waals surface area contributed by atoms with Crippen LogP contribution in [0.2, 0.25) is 5.02 Å². The van der Waals surface area contributed by atoms with Crippen molar-refractivity contribution in [3.63, 3.8) is 0 Å². The topological polar surface area (TPSA) is 110 Å². The molecule has 8 nitrogen and oxygen atoms in total. The van der Waals surface area contributed by atoms with Gasteiger partial charge in [-0.15, -0.1) is 0 Å². The van der Waals surface area contributed by atoms with Gasteiger partial charge in [0.1, 0.15) is 0 Å². The summed E-state index contributed by atoms with van der Waals surface area (Å²) < 4.78 is 14.7. The number of anilines is 1. The summed E-state index contributed by atoms with van der Waals surface area (Å²) in [6.07, 6.45) is 9.91. The van der Waals surface area contributed by atoms with Crippen LogP contribution in [0, 0.1) is 0 Å². The number of halogens is 1. The summed E-state index contributed by atoms with van der Waals surface area (Å²) in [7, 11) is -0.899. The van der Waals surface area contributed by atoms with E-state index in [9.17, 15) is 4.21 Å². The van der Waals surface area contributed by atoms with Crippen molar-refractivity contribution < 1.29 is 9.32 Å². The van der Waals surface area contributed by atoms with E-state index in [1.54, 1.807) is 10.6 Å². The largest absolute Gasteiger partial charge is 0.392 e. The average Bonchev–Trinajstić information content (AvgIpc) is 3.08. The molecule has 0 amide bonds. The Morgan fingerprint density at radius 1 is 1.30 bits per heavy atom. The normalized spacial score (nSPS) is 21.1. The number of nitrogen functional groups attached to an aromatic ring is 1. The van der Waals surface area contributed by atoms with E-state index in [1.807, 2.05) is 10.9 Å². The fraction of sp³-hybridized carbons (Fsp3) is 0.588. The van der Waals surface area contributed by atoms with Crippen LogP contribution in [0.3, 0.4) is 0 Å². The number of rotatable bonds is 2. The van der Waals surface area contributed by atoms with Crippen molar-refractivity contribution in [1.82, 2.24) is 24.1 Å². The van der Waals surface area contributed by atoms with Gasteiger partial charge in [-0.3, -0.25) is 4.68 Å². The maximum Gasteiger partial charge on any atom is 0.220 e. The van der Waals surface area contributed by atoms with Crippen molar-refractivity contribution in [2.24, 2.45) is 0 Å². The first-order valence-electron chi connectivity index (χ1n) is 9.05. The first-order valence-corrected chi connectivity index (χ1v) is 10.9. The molecule has 0 radical (unpaired) electrons. The number of nitrogens with two attached hydrogens (primary N) is 1. The van der Waals surface area contributed by atoms with Gasteiger partial charge in [0, 0.05) is 37.1 Å². The second kappa shape index (κ2) is 9.09. The fourth-order valence-corrected chi connectivity index (χ4v) is 4.30. The van der Waals surface area contributed by atoms with Gasteiger partial charge >= 0.3 is 0 Å². The number of hydrogen-bond acceptors (Lipinski definition) is 6. The number of aliphatic hydroxyl groups is 1. The van der Waals surface area contributed by atoms with Gasteiger partial charge in [0.2, 0.25) is 5.95 Å². The van der Waals surface area contributed by atoms with Crippen LogP contribution in [0.15, 0.2) is 12.4 Å². The Bertz CT molecular complexity index is 815. The van der Waals surface area contributed by atoms with Crippen LogP contribution in [0.25, 0.3) is 11.3 Å². The number of aromatic nitrogens is 4. The van der Waals surface area contributed by atoms with Gasteiger partial charge < -0.3 is 10.8 Å². The van der Waals surface area contributed by atoms with Crippen LogP contribution in [0.5, 0.6) is 0 Å². The predicted molar refractivity (Wildman–Crippen MR) is 106 cm³/mol. The third kappa shape index (κ3) is 5.04. The number of aryl methyl sites for hydroxylation is 1. The molecule has 27 heavy (non-hydrogen) atoms. The van der Waals surface area contributed by atoms with E-state index in [2.05, 4.69) is 15.1 Å². The highest BCUT2D eigenvalue weighted by molar-refractivity contribution is 7.81. The molecule has 1 fully saturated rings. The highest BCUT2D eigenvalue weighted by Crippen LogP contribution is 2.31. The Balaban J connectivity index is 0.000000180. The zero-order valence-electron chi connectivity index (χ0n) is 15.3. The Kier molecular flexibility index (Phi) is 6.80. The van der Waals surface area contributed by atoms with E-state index in [0.29, 0.717) is 17.3 Å². The SMILES string of the molecule is CS(=O)N1CCCC(O)C1.Nc1ncc(Cl)c(-c2cnn3c2CCCC3)n1. The molecular formula is C17H25ClN6O2S. The van der Waals surface area contributed by atoms with Gasteiger partial charge in [0.05, 0.1) is 40.2 Å². The zero-order valence-corrected chi connectivity index (χ0v) is 16.9. The van der Waals surface area contributed by atoms with Gasteiger partial charge in [-0.25, -0.2) is 18.5 Å². The zero-order chi connectivity index (χ0) is 19.4. The minimum atomic E-state index is -0.899. The minimum absolute atomic E-state index is 0.236. The standard InChI is InChI=1S/C11H12ClN5.C6H13NO2S/c12-8-6-14-11(13)16-10(8)7-5-15-17-4-2-1-3-9(7)17;1-10(9)7-4-2-3-6(8)5-7/h5-6H,1-4H2,(H2,13,14,16);6,8H,2-5H2,1H3. The van der Waals surface area contributed by atoms with Crippen LogP contribution in [-0.2, 0) is 24.0 Å². The summed E-state index contributed by atoms with van der Waals surface area (Å²) in [6.45, 7) is 2.40. The molecule has 0 bridgehead atoms. The molecule has 0 aromatic carbocycles. The molecule has 0 saturated carbocycles. The lowest BCUT2D eigenvalue weighted by atomic mass is 10.0. The molecule has 3 N–H and O–H groups in total. The van der Waals surface area contributed by atoms with E-state index >= 15 is 0 Å². The van der Waals surface area contributed by atoms with E-state index < -0.39 is 11.0 Å². The first kappa shape index (κ1) is 20.2. The van der Waals surface area contributed by atoms with E-state index in [-0.39, 0.29) is 12.1 Å². The molecule has 2 aromatic rings. The summed E-state index contributed by atoms with van der Waals surface area (Å²) in [6, 6.07) is 0. The summed E-state index contributed by atoms with van der Waals surface area (Å²) in [5.74, 6) is 0.236. The minimum Gasteiger partial charge on any atom is -0.392 e. The Hall–Kier alpha value is -1.55. The van der Waals surface area contributed by atoms with Crippen molar-refractivity contribution in [2.45, 2.75) is 44.8 Å². The highest BCUT2D eigenvalue weighted by atomic mass is 35.5. The van der Waals surface area contributed by atoms with Crippen LogP contribution in [0.1, 0.15) is 31.4 Å². The second-order valence-electron chi connectivity index (χ2n) is 6.72. The molecule has 2 aliphatic heterocycles. The third-order valence-electron chi connectivity index (χ3n) is 4.72. The third-order valence-corrected chi connectivity index (χ3v) is 6.06. The first-order chi connectivity index (χ1) is 13.0. The fourth-order valence-electron chi connectivity index (χ4n) is 3.34. The summed E-state index contributed by atoms with van der Waals surface area (Å²) in [5.41, 5.74) is 8.45. The van der Waals surface area contributed by atoms with Crippen molar-refractivity contribution in [2.75, 3.05) is 25.1 Å². The quantitative estimate of drug-likeness (QED) is 0.775. The van der Waals surface area contributed by atoms with Crippen LogP contribution >= 0.6 is 11.6 Å². The number of β-amino-alcohol motifs (C(OH)–C–C–N with tert-alkyl or cyclic N) is 1. The Morgan fingerprint density at radius 2 is 2.11 bits per heavy atom. The molecule has 10 heteroatoms. The predicted octanol–water partition coefficient (Wildman–Crippen LogP) is 1.65. The van der Waals surface area contributed by atoms with Crippen molar-refractivity contribution in [3.05, 3.63) is 23.1 Å². The number of hydrogen-bond donors (Lipinski definition) is 2. The maximum absolute atomic E-state index is 10.9. The molecule has 148 valence electrons. The van der Waals surface area contributed by atoms with Crippen molar-refractivity contribution in [3.8, 4) is 11.3 Å². The Morgan fingerprint density at radius 3 is 2.81 bits per heavy atom. The van der Waals surface area contributed by atoms with Gasteiger partial charge in [0.15, 0.2) is 0 Å². The highest BCUT2D eigenvalue weighted by Gasteiger charge is 2.20. The molecule has 2 aromatic heterocycles. The lowest BCUT2D eigenvalue weighted by Gasteiger charge is -2.27. The van der Waals surface area contributed by atoms with Crippen molar-refractivity contribution >= 4 is 28.5 Å². The molecule has 2 aliphatic rings. The van der Waals surface area contributed by atoms with Gasteiger partial charge in [-0.2, -0.15) is 5.10 Å². The summed E-state index contributed by atoms with van der Waals surface area (Å²) in [4.78, 5) is 8.07. The van der Waals surface area contributed by atoms with Crippen LogP contribution < -0.4 is 5.73 Å². The number of piperidine rings is 1. The van der Waals surface area contributed by atoms with Gasteiger partial charge in [-0.1, -0.05) is 11.6 Å². The molecule has 1 saturated heterocycles.